The Bertz CT molecular complexity index is 407. The molecular weight excluding hydrogens is 303 g/mol. The smallest absolute Gasteiger partial charge is 0.162 e. The molecule has 1 atom stereocenters. The van der Waals surface area contributed by atoms with Crippen LogP contribution in [-0.4, -0.2) is 13.2 Å². The van der Waals surface area contributed by atoms with Gasteiger partial charge in [0.1, 0.15) is 13.2 Å². The lowest BCUT2D eigenvalue weighted by atomic mass is 10.0. The monoisotopic (exact) mass is 318 g/mol. The summed E-state index contributed by atoms with van der Waals surface area (Å²) in [5.41, 5.74) is 1.07. The molecule has 0 saturated heterocycles. The van der Waals surface area contributed by atoms with Crippen LogP contribution in [-0.2, 0) is 0 Å². The summed E-state index contributed by atoms with van der Waals surface area (Å²) in [7, 11) is 0. The number of halogens is 2. The SMILES string of the molecule is CC(C)CC(Br)c1cc2c(cc1Cl)OCCO2. The van der Waals surface area contributed by atoms with E-state index in [9.17, 15) is 0 Å². The standard InChI is InChI=1S/C13H16BrClO2/c1-8(2)5-10(14)9-6-12-13(7-11(9)15)17-4-3-16-12/h6-8,10H,3-5H2,1-2H3. The third kappa shape index (κ3) is 3.08. The Morgan fingerprint density at radius 1 is 1.24 bits per heavy atom. The molecule has 4 heteroatoms. The Kier molecular flexibility index (Phi) is 4.21. The highest BCUT2D eigenvalue weighted by molar-refractivity contribution is 9.09. The van der Waals surface area contributed by atoms with Crippen LogP contribution in [0.5, 0.6) is 11.5 Å². The van der Waals surface area contributed by atoms with Gasteiger partial charge in [0.15, 0.2) is 11.5 Å². The molecule has 1 aliphatic heterocycles. The zero-order chi connectivity index (χ0) is 12.4. The molecule has 0 aliphatic carbocycles. The van der Waals surface area contributed by atoms with Crippen LogP contribution >= 0.6 is 27.5 Å². The maximum atomic E-state index is 6.27. The first-order valence-corrected chi connectivity index (χ1v) is 7.10. The van der Waals surface area contributed by atoms with E-state index in [1.807, 2.05) is 12.1 Å². The predicted molar refractivity (Wildman–Crippen MR) is 73.6 cm³/mol. The van der Waals surface area contributed by atoms with Gasteiger partial charge in [0.2, 0.25) is 0 Å². The van der Waals surface area contributed by atoms with E-state index in [1.54, 1.807) is 0 Å². The lowest BCUT2D eigenvalue weighted by molar-refractivity contribution is 0.171. The molecule has 0 N–H and O–H groups in total. The van der Waals surface area contributed by atoms with Gasteiger partial charge in [-0.15, -0.1) is 0 Å². The van der Waals surface area contributed by atoms with E-state index in [1.165, 1.54) is 0 Å². The Balaban J connectivity index is 2.28. The number of benzene rings is 1. The van der Waals surface area contributed by atoms with Gasteiger partial charge in [-0.2, -0.15) is 0 Å². The first kappa shape index (κ1) is 13.0. The van der Waals surface area contributed by atoms with Crippen molar-refractivity contribution in [2.75, 3.05) is 13.2 Å². The summed E-state index contributed by atoms with van der Waals surface area (Å²) in [6, 6.07) is 3.83. The molecule has 0 aromatic heterocycles. The normalized spacial score (nSPS) is 16.1. The van der Waals surface area contributed by atoms with Gasteiger partial charge in [0.05, 0.1) is 0 Å². The molecule has 0 bridgehead atoms. The van der Waals surface area contributed by atoms with E-state index in [2.05, 4.69) is 29.8 Å². The fraction of sp³-hybridized carbons (Fsp3) is 0.538. The number of hydrogen-bond acceptors (Lipinski definition) is 2. The van der Waals surface area contributed by atoms with Crippen LogP contribution in [0.15, 0.2) is 12.1 Å². The molecule has 1 heterocycles. The second-order valence-electron chi connectivity index (χ2n) is 4.61. The van der Waals surface area contributed by atoms with Crippen LogP contribution < -0.4 is 9.47 Å². The van der Waals surface area contributed by atoms with Crippen molar-refractivity contribution in [1.82, 2.24) is 0 Å². The zero-order valence-electron chi connectivity index (χ0n) is 10.0. The summed E-state index contributed by atoms with van der Waals surface area (Å²) < 4.78 is 11.1. The minimum Gasteiger partial charge on any atom is -0.486 e. The van der Waals surface area contributed by atoms with Crippen LogP contribution in [0, 0.1) is 5.92 Å². The first-order chi connectivity index (χ1) is 8.08. The van der Waals surface area contributed by atoms with Crippen molar-refractivity contribution >= 4 is 27.5 Å². The lowest BCUT2D eigenvalue weighted by Crippen LogP contribution is -2.15. The average molecular weight is 320 g/mol. The van der Waals surface area contributed by atoms with E-state index in [0.717, 1.165) is 28.5 Å². The topological polar surface area (TPSA) is 18.5 Å². The van der Waals surface area contributed by atoms with Crippen molar-refractivity contribution < 1.29 is 9.47 Å². The summed E-state index contributed by atoms with van der Waals surface area (Å²) >= 11 is 9.96. The van der Waals surface area contributed by atoms with E-state index >= 15 is 0 Å². The van der Waals surface area contributed by atoms with Crippen LogP contribution in [0.4, 0.5) is 0 Å². The highest BCUT2D eigenvalue weighted by Gasteiger charge is 2.19. The van der Waals surface area contributed by atoms with Crippen molar-refractivity contribution in [2.24, 2.45) is 5.92 Å². The van der Waals surface area contributed by atoms with Crippen molar-refractivity contribution in [3.05, 3.63) is 22.7 Å². The molecule has 0 spiro atoms. The largest absolute Gasteiger partial charge is 0.486 e. The van der Waals surface area contributed by atoms with Crippen molar-refractivity contribution in [3.8, 4) is 11.5 Å². The molecule has 0 fully saturated rings. The average Bonchev–Trinajstić information content (AvgIpc) is 2.27. The van der Waals surface area contributed by atoms with Gasteiger partial charge >= 0.3 is 0 Å². The maximum Gasteiger partial charge on any atom is 0.162 e. The molecule has 1 aromatic rings. The minimum absolute atomic E-state index is 0.255. The van der Waals surface area contributed by atoms with Crippen LogP contribution in [0.1, 0.15) is 30.7 Å². The second kappa shape index (κ2) is 5.49. The Morgan fingerprint density at radius 3 is 2.41 bits per heavy atom. The third-order valence-corrected chi connectivity index (χ3v) is 3.87. The van der Waals surface area contributed by atoms with E-state index in [-0.39, 0.29) is 4.83 Å². The molecule has 0 amide bonds. The van der Waals surface area contributed by atoms with Crippen molar-refractivity contribution in [3.63, 3.8) is 0 Å². The van der Waals surface area contributed by atoms with Crippen LogP contribution in [0.25, 0.3) is 0 Å². The molecule has 0 saturated carbocycles. The number of alkyl halides is 1. The molecule has 2 rings (SSSR count). The van der Waals surface area contributed by atoms with Crippen molar-refractivity contribution in [2.45, 2.75) is 25.1 Å². The Labute approximate surface area is 115 Å². The quantitative estimate of drug-likeness (QED) is 0.758. The molecule has 94 valence electrons. The van der Waals surface area contributed by atoms with Gasteiger partial charge in [0.25, 0.3) is 0 Å². The summed E-state index contributed by atoms with van der Waals surface area (Å²) in [6.07, 6.45) is 1.04. The zero-order valence-corrected chi connectivity index (χ0v) is 12.3. The Hall–Kier alpha value is -0.410. The number of rotatable bonds is 3. The minimum atomic E-state index is 0.255. The van der Waals surface area contributed by atoms with E-state index < -0.39 is 0 Å². The number of fused-ring (bicyclic) bond motifs is 1. The Morgan fingerprint density at radius 2 is 1.82 bits per heavy atom. The van der Waals surface area contributed by atoms with Crippen LogP contribution in [0.2, 0.25) is 5.02 Å². The summed E-state index contributed by atoms with van der Waals surface area (Å²) in [5, 5.41) is 0.733. The highest BCUT2D eigenvalue weighted by atomic mass is 79.9. The summed E-state index contributed by atoms with van der Waals surface area (Å²) in [5.74, 6) is 2.15. The summed E-state index contributed by atoms with van der Waals surface area (Å²) in [4.78, 5) is 0.255. The third-order valence-electron chi connectivity index (χ3n) is 2.68. The number of hydrogen-bond donors (Lipinski definition) is 0. The molecule has 1 aromatic carbocycles. The molecule has 1 unspecified atom stereocenters. The maximum absolute atomic E-state index is 6.27. The van der Waals surface area contributed by atoms with Gasteiger partial charge in [-0.1, -0.05) is 41.4 Å². The van der Waals surface area contributed by atoms with Gasteiger partial charge in [-0.3, -0.25) is 0 Å². The van der Waals surface area contributed by atoms with Gasteiger partial charge in [-0.25, -0.2) is 0 Å². The van der Waals surface area contributed by atoms with E-state index in [4.69, 9.17) is 21.1 Å². The van der Waals surface area contributed by atoms with E-state index in [0.29, 0.717) is 19.1 Å². The molecule has 2 nitrogen and oxygen atoms in total. The molecule has 1 aliphatic rings. The van der Waals surface area contributed by atoms with Crippen LogP contribution in [0.3, 0.4) is 0 Å². The second-order valence-corrected chi connectivity index (χ2v) is 6.13. The highest BCUT2D eigenvalue weighted by Crippen LogP contribution is 2.41. The lowest BCUT2D eigenvalue weighted by Gasteiger charge is -2.21. The number of ether oxygens (including phenoxy) is 2. The van der Waals surface area contributed by atoms with Gasteiger partial charge in [0, 0.05) is 15.9 Å². The fourth-order valence-electron chi connectivity index (χ4n) is 1.86. The van der Waals surface area contributed by atoms with Gasteiger partial charge in [-0.05, 0) is 24.0 Å². The fourth-order valence-corrected chi connectivity index (χ4v) is 3.40. The summed E-state index contributed by atoms with van der Waals surface area (Å²) in [6.45, 7) is 5.58. The first-order valence-electron chi connectivity index (χ1n) is 5.81. The van der Waals surface area contributed by atoms with Gasteiger partial charge < -0.3 is 9.47 Å². The molecule has 17 heavy (non-hydrogen) atoms. The molecular formula is C13H16BrClO2. The van der Waals surface area contributed by atoms with Crippen molar-refractivity contribution in [1.29, 1.82) is 0 Å². The predicted octanol–water partition coefficient (Wildman–Crippen LogP) is 4.59. The molecule has 0 radical (unpaired) electrons.